The molecule has 1 aliphatic heterocycles. The molecular weight excluding hydrogens is 255 g/mol. The molecule has 1 fully saturated rings. The molecule has 2 rings (SSSR count). The van der Waals surface area contributed by atoms with E-state index in [9.17, 15) is 21.6 Å². The Morgan fingerprint density at radius 2 is 1.94 bits per heavy atom. The minimum absolute atomic E-state index is 0.130. The van der Waals surface area contributed by atoms with E-state index in [2.05, 4.69) is 0 Å². The van der Waals surface area contributed by atoms with Crippen LogP contribution in [0.25, 0.3) is 0 Å². The van der Waals surface area contributed by atoms with Crippen LogP contribution in [0, 0.1) is 0 Å². The number of sulfonamides is 1. The van der Waals surface area contributed by atoms with Crippen LogP contribution in [-0.2, 0) is 16.2 Å². The highest BCUT2D eigenvalue weighted by atomic mass is 32.2. The van der Waals surface area contributed by atoms with Gasteiger partial charge in [-0.1, -0.05) is 6.07 Å². The lowest BCUT2D eigenvalue weighted by atomic mass is 10.2. The SMILES string of the molecule is C[C@H]1CN1S(=O)(=O)c1cccc(C(F)(F)F)c1. The van der Waals surface area contributed by atoms with Gasteiger partial charge in [0.2, 0.25) is 10.0 Å². The zero-order chi connectivity index (χ0) is 12.8. The van der Waals surface area contributed by atoms with Gasteiger partial charge in [0.15, 0.2) is 0 Å². The maximum Gasteiger partial charge on any atom is 0.416 e. The third-order valence-corrected chi connectivity index (χ3v) is 4.55. The molecule has 0 aromatic heterocycles. The molecular formula is C10H10F3NO2S. The summed E-state index contributed by atoms with van der Waals surface area (Å²) in [6.45, 7) is 2.06. The normalized spacial score (nSPS) is 24.7. The fourth-order valence-corrected chi connectivity index (χ4v) is 3.20. The standard InChI is InChI=1S/C10H10F3NO2S/c1-7-6-14(7)17(15,16)9-4-2-3-8(5-9)10(11,12)13/h2-5,7H,6H2,1H3/t7-,14?/m0/s1. The van der Waals surface area contributed by atoms with Gasteiger partial charge in [-0.25, -0.2) is 8.42 Å². The van der Waals surface area contributed by atoms with E-state index in [4.69, 9.17) is 0 Å². The summed E-state index contributed by atoms with van der Waals surface area (Å²) in [6, 6.07) is 3.67. The highest BCUT2D eigenvalue weighted by molar-refractivity contribution is 7.89. The van der Waals surface area contributed by atoms with Crippen molar-refractivity contribution < 1.29 is 21.6 Å². The van der Waals surface area contributed by atoms with E-state index in [0.717, 1.165) is 16.4 Å². The van der Waals surface area contributed by atoms with Gasteiger partial charge in [0.05, 0.1) is 10.5 Å². The van der Waals surface area contributed by atoms with E-state index < -0.39 is 21.8 Å². The van der Waals surface area contributed by atoms with Gasteiger partial charge >= 0.3 is 6.18 Å². The van der Waals surface area contributed by atoms with Crippen LogP contribution in [0.5, 0.6) is 0 Å². The third-order valence-electron chi connectivity index (χ3n) is 2.57. The molecule has 1 heterocycles. The van der Waals surface area contributed by atoms with Crippen molar-refractivity contribution in [3.8, 4) is 0 Å². The molecule has 1 aromatic rings. The van der Waals surface area contributed by atoms with Crippen molar-refractivity contribution in [2.75, 3.05) is 6.54 Å². The Morgan fingerprint density at radius 1 is 1.35 bits per heavy atom. The Labute approximate surface area is 96.9 Å². The Balaban J connectivity index is 2.41. The van der Waals surface area contributed by atoms with Crippen LogP contribution in [-0.4, -0.2) is 25.3 Å². The highest BCUT2D eigenvalue weighted by Crippen LogP contribution is 2.33. The summed E-state index contributed by atoms with van der Waals surface area (Å²) in [5.74, 6) is 0. The summed E-state index contributed by atoms with van der Waals surface area (Å²) < 4.78 is 62.2. The number of hydrogen-bond acceptors (Lipinski definition) is 2. The van der Waals surface area contributed by atoms with Gasteiger partial charge in [-0.2, -0.15) is 17.5 Å². The van der Waals surface area contributed by atoms with Crippen molar-refractivity contribution in [2.45, 2.75) is 24.0 Å². The summed E-state index contributed by atoms with van der Waals surface area (Å²) in [6.07, 6.45) is -4.53. The number of nitrogens with zero attached hydrogens (tertiary/aromatic N) is 1. The third kappa shape index (κ3) is 2.30. The summed E-state index contributed by atoms with van der Waals surface area (Å²) in [5.41, 5.74) is -0.951. The number of alkyl halides is 3. The highest BCUT2D eigenvalue weighted by Gasteiger charge is 2.42. The molecule has 7 heteroatoms. The summed E-state index contributed by atoms with van der Waals surface area (Å²) in [5, 5.41) is 0. The average Bonchev–Trinajstić information content (AvgIpc) is 2.95. The van der Waals surface area contributed by atoms with E-state index in [-0.39, 0.29) is 10.9 Å². The lowest BCUT2D eigenvalue weighted by molar-refractivity contribution is -0.137. The molecule has 0 spiro atoms. The largest absolute Gasteiger partial charge is 0.416 e. The first-order valence-corrected chi connectivity index (χ1v) is 6.36. The van der Waals surface area contributed by atoms with Gasteiger partial charge < -0.3 is 0 Å². The fraction of sp³-hybridized carbons (Fsp3) is 0.400. The monoisotopic (exact) mass is 265 g/mol. The summed E-state index contributed by atoms with van der Waals surface area (Å²) in [4.78, 5) is -0.309. The summed E-state index contributed by atoms with van der Waals surface area (Å²) in [7, 11) is -3.76. The predicted octanol–water partition coefficient (Wildman–Crippen LogP) is 2.10. The zero-order valence-corrected chi connectivity index (χ0v) is 9.72. The number of hydrogen-bond donors (Lipinski definition) is 0. The Bertz CT molecular complexity index is 539. The molecule has 0 N–H and O–H groups in total. The Morgan fingerprint density at radius 3 is 2.41 bits per heavy atom. The van der Waals surface area contributed by atoms with Gasteiger partial charge in [-0.05, 0) is 25.1 Å². The van der Waals surface area contributed by atoms with Gasteiger partial charge in [-0.3, -0.25) is 0 Å². The van der Waals surface area contributed by atoms with Gasteiger partial charge in [0.25, 0.3) is 0 Å². The molecule has 0 amide bonds. The lowest BCUT2D eigenvalue weighted by Crippen LogP contribution is -2.15. The smallest absolute Gasteiger partial charge is 0.207 e. The molecule has 1 unspecified atom stereocenters. The first-order chi connectivity index (χ1) is 7.73. The maximum absolute atomic E-state index is 12.4. The molecule has 1 aliphatic rings. The topological polar surface area (TPSA) is 37.1 Å². The molecule has 2 atom stereocenters. The van der Waals surface area contributed by atoms with Crippen LogP contribution in [0.3, 0.4) is 0 Å². The van der Waals surface area contributed by atoms with Gasteiger partial charge in [-0.15, -0.1) is 0 Å². The molecule has 3 nitrogen and oxygen atoms in total. The van der Waals surface area contributed by atoms with Crippen LogP contribution in [0.4, 0.5) is 13.2 Å². The molecule has 17 heavy (non-hydrogen) atoms. The van der Waals surface area contributed by atoms with Gasteiger partial charge in [0, 0.05) is 12.6 Å². The zero-order valence-electron chi connectivity index (χ0n) is 8.90. The molecule has 1 saturated heterocycles. The van der Waals surface area contributed by atoms with Crippen molar-refractivity contribution in [3.63, 3.8) is 0 Å². The molecule has 0 bridgehead atoms. The Kier molecular flexibility index (Phi) is 2.70. The van der Waals surface area contributed by atoms with E-state index in [0.29, 0.717) is 12.6 Å². The fourth-order valence-electron chi connectivity index (χ4n) is 1.52. The molecule has 0 radical (unpaired) electrons. The lowest BCUT2D eigenvalue weighted by Gasteiger charge is -2.09. The average molecular weight is 265 g/mol. The summed E-state index contributed by atoms with van der Waals surface area (Å²) >= 11 is 0. The van der Waals surface area contributed by atoms with Crippen LogP contribution < -0.4 is 0 Å². The minimum atomic E-state index is -4.53. The molecule has 0 saturated carbocycles. The number of rotatable bonds is 2. The van der Waals surface area contributed by atoms with Crippen LogP contribution in [0.2, 0.25) is 0 Å². The number of halogens is 3. The van der Waals surface area contributed by atoms with Crippen molar-refractivity contribution >= 4 is 10.0 Å². The molecule has 94 valence electrons. The van der Waals surface area contributed by atoms with E-state index in [1.54, 1.807) is 6.92 Å². The van der Waals surface area contributed by atoms with Crippen LogP contribution in [0.15, 0.2) is 29.2 Å². The number of benzene rings is 1. The molecule has 1 aromatic carbocycles. The second-order valence-electron chi connectivity index (χ2n) is 3.95. The predicted molar refractivity (Wildman–Crippen MR) is 54.8 cm³/mol. The van der Waals surface area contributed by atoms with Crippen molar-refractivity contribution in [2.24, 2.45) is 0 Å². The van der Waals surface area contributed by atoms with Crippen LogP contribution >= 0.6 is 0 Å². The minimum Gasteiger partial charge on any atom is -0.207 e. The first kappa shape index (κ1) is 12.4. The van der Waals surface area contributed by atoms with Crippen molar-refractivity contribution in [1.29, 1.82) is 0 Å². The first-order valence-electron chi connectivity index (χ1n) is 4.92. The van der Waals surface area contributed by atoms with E-state index in [1.807, 2.05) is 0 Å². The van der Waals surface area contributed by atoms with E-state index in [1.165, 1.54) is 6.07 Å². The van der Waals surface area contributed by atoms with E-state index >= 15 is 0 Å². The molecule has 0 aliphatic carbocycles. The maximum atomic E-state index is 12.4. The quantitative estimate of drug-likeness (QED) is 0.768. The van der Waals surface area contributed by atoms with Gasteiger partial charge in [0.1, 0.15) is 0 Å². The van der Waals surface area contributed by atoms with Crippen molar-refractivity contribution in [3.05, 3.63) is 29.8 Å². The Hall–Kier alpha value is -1.08. The van der Waals surface area contributed by atoms with Crippen molar-refractivity contribution in [1.82, 2.24) is 4.31 Å². The van der Waals surface area contributed by atoms with Crippen LogP contribution in [0.1, 0.15) is 12.5 Å². The second-order valence-corrected chi connectivity index (χ2v) is 5.84. The second kappa shape index (κ2) is 3.71.